The highest BCUT2D eigenvalue weighted by atomic mass is 32.1. The van der Waals surface area contributed by atoms with E-state index in [1.54, 1.807) is 15.9 Å². The maximum atomic E-state index is 12.7. The molecule has 4 amide bonds. The first-order valence-electron chi connectivity index (χ1n) is 8.14. The standard InChI is InChI=1S/C18H17N3O3S/c22-16-14-12-19(17(23)15-7-4-10-25-15)8-9-20(14)18(24)21(16)11-13-5-2-1-3-6-13/h1-7,10,14H,8-9,11-12H2/t14-/m0/s1. The van der Waals surface area contributed by atoms with Crippen molar-refractivity contribution in [2.45, 2.75) is 12.6 Å². The average Bonchev–Trinajstić information content (AvgIpc) is 3.26. The number of nitrogens with zero attached hydrogens (tertiary/aromatic N) is 3. The molecule has 6 nitrogen and oxygen atoms in total. The SMILES string of the molecule is O=C(c1cccs1)N1CCN2C(=O)N(Cc3ccccc3)C(=O)[C@@H]2C1. The molecule has 0 saturated carbocycles. The third-order valence-corrected chi connectivity index (χ3v) is 5.47. The van der Waals surface area contributed by atoms with Crippen LogP contribution in [-0.2, 0) is 11.3 Å². The predicted octanol–water partition coefficient (Wildman–Crippen LogP) is 2.04. The van der Waals surface area contributed by atoms with Gasteiger partial charge in [0.25, 0.3) is 11.8 Å². The molecule has 2 aliphatic heterocycles. The van der Waals surface area contributed by atoms with Gasteiger partial charge in [0.05, 0.1) is 18.0 Å². The summed E-state index contributed by atoms with van der Waals surface area (Å²) in [6.07, 6.45) is 0. The second-order valence-electron chi connectivity index (χ2n) is 6.13. The fraction of sp³-hybridized carbons (Fsp3) is 0.278. The molecule has 0 bridgehead atoms. The molecule has 0 N–H and O–H groups in total. The summed E-state index contributed by atoms with van der Waals surface area (Å²) in [7, 11) is 0. The lowest BCUT2D eigenvalue weighted by atomic mass is 10.1. The van der Waals surface area contributed by atoms with Crippen LogP contribution in [-0.4, -0.2) is 58.2 Å². The van der Waals surface area contributed by atoms with Gasteiger partial charge in [-0.15, -0.1) is 11.3 Å². The van der Waals surface area contributed by atoms with Crippen molar-refractivity contribution >= 4 is 29.2 Å². The van der Waals surface area contributed by atoms with Gasteiger partial charge in [-0.05, 0) is 17.0 Å². The Hall–Kier alpha value is -2.67. The molecule has 0 aliphatic carbocycles. The predicted molar refractivity (Wildman–Crippen MR) is 93.1 cm³/mol. The first-order chi connectivity index (χ1) is 12.1. The fourth-order valence-electron chi connectivity index (χ4n) is 3.30. The third kappa shape index (κ3) is 2.80. The molecule has 25 heavy (non-hydrogen) atoms. The lowest BCUT2D eigenvalue weighted by Crippen LogP contribution is -2.54. The van der Waals surface area contributed by atoms with Gasteiger partial charge < -0.3 is 9.80 Å². The Labute approximate surface area is 149 Å². The summed E-state index contributed by atoms with van der Waals surface area (Å²) in [5.41, 5.74) is 0.913. The van der Waals surface area contributed by atoms with Crippen LogP contribution in [0.3, 0.4) is 0 Å². The van der Waals surface area contributed by atoms with Crippen molar-refractivity contribution in [1.82, 2.24) is 14.7 Å². The Morgan fingerprint density at radius 3 is 2.60 bits per heavy atom. The molecule has 128 valence electrons. The van der Waals surface area contributed by atoms with Crippen LogP contribution in [0.5, 0.6) is 0 Å². The molecule has 1 aromatic heterocycles. The van der Waals surface area contributed by atoms with E-state index in [9.17, 15) is 14.4 Å². The average molecular weight is 355 g/mol. The number of rotatable bonds is 3. The molecular weight excluding hydrogens is 338 g/mol. The normalized spacial score (nSPS) is 20.2. The second kappa shape index (κ2) is 6.33. The maximum Gasteiger partial charge on any atom is 0.327 e. The first-order valence-corrected chi connectivity index (χ1v) is 9.02. The van der Waals surface area contributed by atoms with Gasteiger partial charge in [-0.1, -0.05) is 36.4 Å². The zero-order chi connectivity index (χ0) is 17.4. The minimum Gasteiger partial charge on any atom is -0.334 e. The van der Waals surface area contributed by atoms with Crippen LogP contribution in [0.2, 0.25) is 0 Å². The van der Waals surface area contributed by atoms with Gasteiger partial charge >= 0.3 is 6.03 Å². The van der Waals surface area contributed by atoms with Gasteiger partial charge in [0.1, 0.15) is 6.04 Å². The number of hydrogen-bond acceptors (Lipinski definition) is 4. The number of fused-ring (bicyclic) bond motifs is 1. The number of urea groups is 1. The molecular formula is C18H17N3O3S. The Balaban J connectivity index is 1.50. The summed E-state index contributed by atoms with van der Waals surface area (Å²) in [4.78, 5) is 43.1. The van der Waals surface area contributed by atoms with Crippen LogP contribution in [0, 0.1) is 0 Å². The van der Waals surface area contributed by atoms with Crippen molar-refractivity contribution in [1.29, 1.82) is 0 Å². The number of hydrogen-bond donors (Lipinski definition) is 0. The number of imide groups is 1. The summed E-state index contributed by atoms with van der Waals surface area (Å²) >= 11 is 1.39. The molecule has 2 aromatic rings. The second-order valence-corrected chi connectivity index (χ2v) is 7.08. The lowest BCUT2D eigenvalue weighted by molar-refractivity contribution is -0.129. The first kappa shape index (κ1) is 15.8. The molecule has 2 aliphatic rings. The highest BCUT2D eigenvalue weighted by Gasteiger charge is 2.48. The largest absolute Gasteiger partial charge is 0.334 e. The molecule has 1 atom stereocenters. The Bertz CT molecular complexity index is 806. The lowest BCUT2D eigenvalue weighted by Gasteiger charge is -2.35. The molecule has 0 unspecified atom stereocenters. The highest BCUT2D eigenvalue weighted by Crippen LogP contribution is 2.25. The maximum absolute atomic E-state index is 12.7. The zero-order valence-corrected chi connectivity index (χ0v) is 14.3. The van der Waals surface area contributed by atoms with Gasteiger partial charge in [0.15, 0.2) is 0 Å². The van der Waals surface area contributed by atoms with E-state index in [2.05, 4.69) is 0 Å². The van der Waals surface area contributed by atoms with Crippen molar-refractivity contribution in [3.8, 4) is 0 Å². The minimum atomic E-state index is -0.575. The van der Waals surface area contributed by atoms with Crippen molar-refractivity contribution in [2.75, 3.05) is 19.6 Å². The van der Waals surface area contributed by atoms with E-state index in [1.165, 1.54) is 16.2 Å². The number of amides is 4. The van der Waals surface area contributed by atoms with Gasteiger partial charge in [0.2, 0.25) is 0 Å². The summed E-state index contributed by atoms with van der Waals surface area (Å²) in [6, 6.07) is 12.2. The third-order valence-electron chi connectivity index (χ3n) is 4.61. The smallest absolute Gasteiger partial charge is 0.327 e. The fourth-order valence-corrected chi connectivity index (χ4v) is 4.00. The topological polar surface area (TPSA) is 60.9 Å². The van der Waals surface area contributed by atoms with Gasteiger partial charge in [-0.25, -0.2) is 4.79 Å². The van der Waals surface area contributed by atoms with Gasteiger partial charge in [0, 0.05) is 13.1 Å². The molecule has 2 saturated heterocycles. The van der Waals surface area contributed by atoms with Crippen LogP contribution in [0.4, 0.5) is 4.79 Å². The molecule has 0 radical (unpaired) electrons. The van der Waals surface area contributed by atoms with Crippen LogP contribution in [0.15, 0.2) is 47.8 Å². The van der Waals surface area contributed by atoms with Crippen molar-refractivity contribution in [3.63, 3.8) is 0 Å². The number of piperazine rings is 1. The molecule has 7 heteroatoms. The van der Waals surface area contributed by atoms with Crippen LogP contribution < -0.4 is 0 Å². The van der Waals surface area contributed by atoms with E-state index in [4.69, 9.17) is 0 Å². The summed E-state index contributed by atoms with van der Waals surface area (Å²) < 4.78 is 0. The number of benzene rings is 1. The van der Waals surface area contributed by atoms with E-state index in [-0.39, 0.29) is 30.9 Å². The number of carbonyl (C=O) groups is 3. The van der Waals surface area contributed by atoms with Crippen LogP contribution in [0.25, 0.3) is 0 Å². The summed E-state index contributed by atoms with van der Waals surface area (Å²) in [5, 5.41) is 1.86. The van der Waals surface area contributed by atoms with Crippen molar-refractivity contribution in [3.05, 3.63) is 58.3 Å². The van der Waals surface area contributed by atoms with Crippen LogP contribution in [0.1, 0.15) is 15.2 Å². The van der Waals surface area contributed by atoms with E-state index in [0.29, 0.717) is 18.0 Å². The quantitative estimate of drug-likeness (QED) is 0.792. The Kier molecular flexibility index (Phi) is 4.01. The number of carbonyl (C=O) groups excluding carboxylic acids is 3. The molecule has 1 aromatic carbocycles. The molecule has 4 rings (SSSR count). The van der Waals surface area contributed by atoms with Crippen molar-refractivity contribution < 1.29 is 14.4 Å². The Morgan fingerprint density at radius 1 is 1.08 bits per heavy atom. The molecule has 3 heterocycles. The summed E-state index contributed by atoms with van der Waals surface area (Å²) in [5.74, 6) is -0.297. The minimum absolute atomic E-state index is 0.0728. The van der Waals surface area contributed by atoms with E-state index < -0.39 is 6.04 Å². The molecule has 0 spiro atoms. The van der Waals surface area contributed by atoms with Crippen molar-refractivity contribution in [2.24, 2.45) is 0 Å². The number of thiophene rings is 1. The Morgan fingerprint density at radius 2 is 1.88 bits per heavy atom. The monoisotopic (exact) mass is 355 g/mol. The highest BCUT2D eigenvalue weighted by molar-refractivity contribution is 7.12. The van der Waals surface area contributed by atoms with Gasteiger partial charge in [-0.3, -0.25) is 14.5 Å². The van der Waals surface area contributed by atoms with E-state index >= 15 is 0 Å². The van der Waals surface area contributed by atoms with Crippen LogP contribution >= 0.6 is 11.3 Å². The van der Waals surface area contributed by atoms with E-state index in [0.717, 1.165) is 5.56 Å². The summed E-state index contributed by atoms with van der Waals surface area (Å²) in [6.45, 7) is 1.36. The zero-order valence-electron chi connectivity index (χ0n) is 13.5. The molecule has 2 fully saturated rings. The van der Waals surface area contributed by atoms with Gasteiger partial charge in [-0.2, -0.15) is 0 Å². The van der Waals surface area contributed by atoms with E-state index in [1.807, 2.05) is 41.8 Å².